The fraction of sp³-hybridized carbons (Fsp3) is 0.909. The lowest BCUT2D eigenvalue weighted by Gasteiger charge is -2.19. The molecule has 0 bridgehead atoms. The molecular formula is C11H19N3. The smallest absolute Gasteiger partial charge is 0.198 e. The maximum atomic E-state index is 9.09. The SMILES string of the molecule is CC(C)CC(C#N)C1(CC(C)C)N=N1. The van der Waals surface area contributed by atoms with E-state index in [0.29, 0.717) is 11.8 Å². The molecule has 1 aliphatic heterocycles. The topological polar surface area (TPSA) is 48.5 Å². The first-order valence-electron chi connectivity index (χ1n) is 5.34. The average Bonchev–Trinajstić information content (AvgIpc) is 2.79. The third-order valence-electron chi connectivity index (χ3n) is 2.49. The molecule has 1 rings (SSSR count). The van der Waals surface area contributed by atoms with Crippen LogP contribution in [-0.4, -0.2) is 5.66 Å². The predicted molar refractivity (Wildman–Crippen MR) is 55.6 cm³/mol. The van der Waals surface area contributed by atoms with Gasteiger partial charge in [0, 0.05) is 6.42 Å². The van der Waals surface area contributed by atoms with E-state index >= 15 is 0 Å². The van der Waals surface area contributed by atoms with E-state index in [4.69, 9.17) is 5.26 Å². The highest BCUT2D eigenvalue weighted by Crippen LogP contribution is 2.43. The summed E-state index contributed by atoms with van der Waals surface area (Å²) in [5.74, 6) is 1.06. The molecule has 0 saturated carbocycles. The highest BCUT2D eigenvalue weighted by molar-refractivity contribution is 5.08. The van der Waals surface area contributed by atoms with Gasteiger partial charge in [0.15, 0.2) is 0 Å². The quantitative estimate of drug-likeness (QED) is 0.660. The van der Waals surface area contributed by atoms with Crippen molar-refractivity contribution >= 4 is 0 Å². The van der Waals surface area contributed by atoms with E-state index in [0.717, 1.165) is 12.8 Å². The van der Waals surface area contributed by atoms with Gasteiger partial charge in [-0.2, -0.15) is 15.5 Å². The van der Waals surface area contributed by atoms with Gasteiger partial charge in [-0.3, -0.25) is 0 Å². The van der Waals surface area contributed by atoms with Crippen LogP contribution in [0.15, 0.2) is 10.2 Å². The second-order valence-electron chi connectivity index (χ2n) is 4.99. The minimum atomic E-state index is -0.340. The lowest BCUT2D eigenvalue weighted by Crippen LogP contribution is -2.26. The van der Waals surface area contributed by atoms with Crippen LogP contribution in [-0.2, 0) is 0 Å². The minimum Gasteiger partial charge on any atom is -0.198 e. The molecule has 0 amide bonds. The Bertz CT molecular complexity index is 254. The van der Waals surface area contributed by atoms with Gasteiger partial charge in [-0.1, -0.05) is 27.7 Å². The molecule has 0 spiro atoms. The largest absolute Gasteiger partial charge is 0.206 e. The Balaban J connectivity index is 2.56. The Hall–Kier alpha value is -0.910. The summed E-state index contributed by atoms with van der Waals surface area (Å²) in [5.41, 5.74) is -0.340. The van der Waals surface area contributed by atoms with Crippen molar-refractivity contribution in [1.29, 1.82) is 5.26 Å². The molecule has 1 heterocycles. The van der Waals surface area contributed by atoms with Gasteiger partial charge in [0.25, 0.3) is 0 Å². The lowest BCUT2D eigenvalue weighted by molar-refractivity contribution is 0.327. The van der Waals surface area contributed by atoms with Crippen LogP contribution < -0.4 is 0 Å². The van der Waals surface area contributed by atoms with Gasteiger partial charge in [-0.25, -0.2) is 0 Å². The molecule has 0 N–H and O–H groups in total. The summed E-state index contributed by atoms with van der Waals surface area (Å²) < 4.78 is 0. The number of rotatable bonds is 5. The van der Waals surface area contributed by atoms with Crippen LogP contribution >= 0.6 is 0 Å². The Morgan fingerprint density at radius 2 is 1.71 bits per heavy atom. The summed E-state index contributed by atoms with van der Waals surface area (Å²) in [6, 6.07) is 2.35. The molecule has 0 aromatic carbocycles. The third-order valence-corrected chi connectivity index (χ3v) is 2.49. The van der Waals surface area contributed by atoms with E-state index in [1.807, 2.05) is 0 Å². The zero-order valence-electron chi connectivity index (χ0n) is 9.49. The first kappa shape index (κ1) is 11.2. The third kappa shape index (κ3) is 2.54. The van der Waals surface area contributed by atoms with Gasteiger partial charge in [-0.15, -0.1) is 0 Å². The fourth-order valence-electron chi connectivity index (χ4n) is 1.84. The average molecular weight is 193 g/mol. The number of nitrogens with zero attached hydrogens (tertiary/aromatic N) is 3. The van der Waals surface area contributed by atoms with Gasteiger partial charge in [0.2, 0.25) is 5.66 Å². The van der Waals surface area contributed by atoms with E-state index < -0.39 is 0 Å². The maximum absolute atomic E-state index is 9.09. The highest BCUT2D eigenvalue weighted by atomic mass is 15.4. The molecule has 0 aromatic rings. The van der Waals surface area contributed by atoms with E-state index in [1.54, 1.807) is 0 Å². The molecule has 0 aromatic heterocycles. The normalized spacial score (nSPS) is 19.8. The second kappa shape index (κ2) is 4.08. The minimum absolute atomic E-state index is 0.0232. The molecule has 3 nitrogen and oxygen atoms in total. The number of hydrogen-bond donors (Lipinski definition) is 0. The van der Waals surface area contributed by atoms with E-state index in [1.165, 1.54) is 0 Å². The summed E-state index contributed by atoms with van der Waals surface area (Å²) in [4.78, 5) is 0. The molecule has 1 aliphatic rings. The van der Waals surface area contributed by atoms with Gasteiger partial charge in [0.1, 0.15) is 0 Å². The molecule has 0 saturated heterocycles. The molecule has 0 radical (unpaired) electrons. The fourth-order valence-corrected chi connectivity index (χ4v) is 1.84. The monoisotopic (exact) mass is 193 g/mol. The summed E-state index contributed by atoms with van der Waals surface area (Å²) >= 11 is 0. The van der Waals surface area contributed by atoms with Crippen LogP contribution in [0.3, 0.4) is 0 Å². The molecule has 0 fully saturated rings. The van der Waals surface area contributed by atoms with Gasteiger partial charge in [-0.05, 0) is 18.3 Å². The molecule has 1 unspecified atom stereocenters. The van der Waals surface area contributed by atoms with Crippen LogP contribution in [0.2, 0.25) is 0 Å². The maximum Gasteiger partial charge on any atom is 0.206 e. The van der Waals surface area contributed by atoms with Crippen molar-refractivity contribution in [3.8, 4) is 6.07 Å². The molecular weight excluding hydrogens is 174 g/mol. The summed E-state index contributed by atoms with van der Waals surface area (Å²) in [5, 5.41) is 17.3. The molecule has 3 heteroatoms. The van der Waals surface area contributed by atoms with Crippen LogP contribution in [0.1, 0.15) is 40.5 Å². The van der Waals surface area contributed by atoms with Crippen LogP contribution in [0.25, 0.3) is 0 Å². The van der Waals surface area contributed by atoms with Gasteiger partial charge < -0.3 is 0 Å². The van der Waals surface area contributed by atoms with Crippen LogP contribution in [0, 0.1) is 29.1 Å². The number of nitriles is 1. The van der Waals surface area contributed by atoms with Crippen molar-refractivity contribution < 1.29 is 0 Å². The lowest BCUT2D eigenvalue weighted by atomic mass is 9.84. The standard InChI is InChI=1S/C11H19N3/c1-8(2)5-10(7-12)11(13-14-11)6-9(3)4/h8-10H,5-6H2,1-4H3. The van der Waals surface area contributed by atoms with Gasteiger partial charge >= 0.3 is 0 Å². The van der Waals surface area contributed by atoms with Crippen molar-refractivity contribution in [2.24, 2.45) is 28.0 Å². The first-order chi connectivity index (χ1) is 6.50. The molecule has 78 valence electrons. The van der Waals surface area contributed by atoms with Crippen molar-refractivity contribution in [3.05, 3.63) is 0 Å². The zero-order valence-corrected chi connectivity index (χ0v) is 9.49. The van der Waals surface area contributed by atoms with E-state index in [2.05, 4.69) is 44.0 Å². The summed E-state index contributed by atoms with van der Waals surface area (Å²) in [7, 11) is 0. The Kier molecular flexibility index (Phi) is 3.25. The van der Waals surface area contributed by atoms with Crippen LogP contribution in [0.4, 0.5) is 0 Å². The molecule has 1 atom stereocenters. The summed E-state index contributed by atoms with van der Waals surface area (Å²) in [6.07, 6.45) is 1.81. The van der Waals surface area contributed by atoms with E-state index in [-0.39, 0.29) is 11.6 Å². The number of hydrogen-bond acceptors (Lipinski definition) is 3. The predicted octanol–water partition coefficient (Wildman–Crippen LogP) is 3.38. The molecule has 14 heavy (non-hydrogen) atoms. The Morgan fingerprint density at radius 3 is 2.00 bits per heavy atom. The van der Waals surface area contributed by atoms with Gasteiger partial charge in [0.05, 0.1) is 12.0 Å². The summed E-state index contributed by atoms with van der Waals surface area (Å²) in [6.45, 7) is 8.56. The zero-order chi connectivity index (χ0) is 10.8. The van der Waals surface area contributed by atoms with Crippen molar-refractivity contribution in [3.63, 3.8) is 0 Å². The van der Waals surface area contributed by atoms with Crippen molar-refractivity contribution in [2.75, 3.05) is 0 Å². The highest BCUT2D eigenvalue weighted by Gasteiger charge is 2.48. The first-order valence-corrected chi connectivity index (χ1v) is 5.34. The molecule has 0 aliphatic carbocycles. The second-order valence-corrected chi connectivity index (χ2v) is 4.99. The van der Waals surface area contributed by atoms with Crippen LogP contribution in [0.5, 0.6) is 0 Å². The Labute approximate surface area is 86.2 Å². The van der Waals surface area contributed by atoms with E-state index in [9.17, 15) is 0 Å². The van der Waals surface area contributed by atoms with Crippen molar-refractivity contribution in [2.45, 2.75) is 46.2 Å². The Morgan fingerprint density at radius 1 is 1.14 bits per heavy atom. The van der Waals surface area contributed by atoms with Crippen molar-refractivity contribution in [1.82, 2.24) is 0 Å².